The molecule has 1 unspecified atom stereocenters. The monoisotopic (exact) mass is 498 g/mol. The second-order valence-electron chi connectivity index (χ2n) is 6.87. The number of carbonyl (C=O) groups is 5. The number of nitrogens with zero attached hydrogens (tertiary/aromatic N) is 2. The van der Waals surface area contributed by atoms with E-state index in [0.29, 0.717) is 12.8 Å². The molecule has 0 aromatic carbocycles. The molecule has 0 saturated carbocycles. The Balaban J connectivity index is 2.56. The number of anilines is 2. The Morgan fingerprint density at radius 2 is 1.34 bits per heavy atom. The molecule has 35 heavy (non-hydrogen) atoms. The number of hydrogen-bond acceptors (Lipinski definition) is 12. The number of primary amides is 2. The average Bonchev–Trinajstić information content (AvgIpc) is 2.79. The van der Waals surface area contributed by atoms with Crippen LogP contribution < -0.4 is 44.6 Å². The summed E-state index contributed by atoms with van der Waals surface area (Å²) in [5, 5.41) is 7.39. The largest absolute Gasteiger partial charge is 0.450 e. The summed E-state index contributed by atoms with van der Waals surface area (Å²) in [5.41, 5.74) is 26.0. The molecule has 1 heterocycles. The van der Waals surface area contributed by atoms with Gasteiger partial charge >= 0.3 is 12.2 Å². The van der Waals surface area contributed by atoms with Gasteiger partial charge in [-0.3, -0.25) is 14.4 Å². The summed E-state index contributed by atoms with van der Waals surface area (Å²) in [6, 6.07) is 0. The second kappa shape index (κ2) is 14.7. The molecule has 0 bridgehead atoms. The van der Waals surface area contributed by atoms with Gasteiger partial charge in [-0.1, -0.05) is 0 Å². The van der Waals surface area contributed by atoms with Crippen LogP contribution >= 0.6 is 0 Å². The van der Waals surface area contributed by atoms with Gasteiger partial charge in [0.05, 0.1) is 6.61 Å². The number of nitrogens with two attached hydrogens (primary N) is 5. The fourth-order valence-electron chi connectivity index (χ4n) is 2.61. The molecule has 1 rings (SSSR count). The van der Waals surface area contributed by atoms with Gasteiger partial charge in [0, 0.05) is 26.2 Å². The molecule has 0 radical (unpaired) electrons. The molecule has 0 fully saturated rings. The maximum atomic E-state index is 12.3. The molecular formula is C18H30N10O7. The topological polar surface area (TPSA) is 296 Å². The Kier molecular flexibility index (Phi) is 12.0. The van der Waals surface area contributed by atoms with E-state index in [9.17, 15) is 24.0 Å². The van der Waals surface area contributed by atoms with Gasteiger partial charge in [0.1, 0.15) is 0 Å². The first-order chi connectivity index (χ1) is 16.6. The van der Waals surface area contributed by atoms with Gasteiger partial charge in [-0.15, -0.1) is 0 Å². The molecular weight excluding hydrogens is 468 g/mol. The van der Waals surface area contributed by atoms with Gasteiger partial charge < -0.3 is 54.1 Å². The Morgan fingerprint density at radius 3 is 1.86 bits per heavy atom. The average molecular weight is 499 g/mol. The molecule has 0 aliphatic heterocycles. The minimum absolute atomic E-state index is 0.0438. The van der Waals surface area contributed by atoms with Crippen LogP contribution in [-0.2, 0) is 14.3 Å². The number of rotatable bonds is 14. The van der Waals surface area contributed by atoms with Crippen LogP contribution in [-0.4, -0.2) is 78.8 Å². The molecule has 17 heteroatoms. The Morgan fingerprint density at radius 1 is 0.800 bits per heavy atom. The lowest BCUT2D eigenvalue weighted by atomic mass is 10.1. The molecule has 5 amide bonds. The van der Waals surface area contributed by atoms with Crippen molar-refractivity contribution in [3.8, 4) is 0 Å². The fourth-order valence-corrected chi connectivity index (χ4v) is 2.61. The summed E-state index contributed by atoms with van der Waals surface area (Å²) in [7, 11) is 0. The van der Waals surface area contributed by atoms with Crippen molar-refractivity contribution >= 4 is 41.5 Å². The molecule has 17 nitrogen and oxygen atoms in total. The van der Waals surface area contributed by atoms with Crippen molar-refractivity contribution in [2.75, 3.05) is 44.3 Å². The Labute approximate surface area is 199 Å². The highest BCUT2D eigenvalue weighted by Crippen LogP contribution is 2.13. The highest BCUT2D eigenvalue weighted by molar-refractivity contribution is 6.00. The predicted molar refractivity (Wildman–Crippen MR) is 121 cm³/mol. The lowest BCUT2D eigenvalue weighted by Crippen LogP contribution is -2.42. The first kappa shape index (κ1) is 28.6. The summed E-state index contributed by atoms with van der Waals surface area (Å²) >= 11 is 0. The van der Waals surface area contributed by atoms with Crippen molar-refractivity contribution in [1.29, 1.82) is 0 Å². The van der Waals surface area contributed by atoms with Crippen LogP contribution in [0.3, 0.4) is 0 Å². The van der Waals surface area contributed by atoms with Gasteiger partial charge in [0.15, 0.2) is 29.1 Å². The van der Waals surface area contributed by atoms with Crippen molar-refractivity contribution < 1.29 is 33.4 Å². The zero-order chi connectivity index (χ0) is 26.4. The summed E-state index contributed by atoms with van der Waals surface area (Å²) in [6.07, 6.45) is -2.39. The van der Waals surface area contributed by atoms with Gasteiger partial charge in [0.25, 0.3) is 17.7 Å². The zero-order valence-corrected chi connectivity index (χ0v) is 18.9. The van der Waals surface area contributed by atoms with E-state index in [4.69, 9.17) is 33.4 Å². The lowest BCUT2D eigenvalue weighted by molar-refractivity contribution is -0.129. The van der Waals surface area contributed by atoms with Crippen LogP contribution in [0.25, 0.3) is 0 Å². The SMILES string of the molecule is NCCNC(=O)c1nc(N)c(C(=O)NCCNC(=O)C(CCCCOC(N)=O)OC(N)=O)nc1N. The molecule has 0 spiro atoms. The Bertz CT molecular complexity index is 927. The van der Waals surface area contributed by atoms with Crippen molar-refractivity contribution in [3.05, 3.63) is 11.4 Å². The van der Waals surface area contributed by atoms with E-state index in [1.165, 1.54) is 0 Å². The summed E-state index contributed by atoms with van der Waals surface area (Å²) < 4.78 is 9.36. The van der Waals surface area contributed by atoms with Crippen LogP contribution in [0.1, 0.15) is 40.2 Å². The molecule has 1 atom stereocenters. The molecule has 1 aromatic rings. The highest BCUT2D eigenvalue weighted by atomic mass is 16.6. The molecule has 0 saturated heterocycles. The third-order valence-corrected chi connectivity index (χ3v) is 4.18. The maximum Gasteiger partial charge on any atom is 0.405 e. The normalized spacial score (nSPS) is 11.1. The van der Waals surface area contributed by atoms with Crippen molar-refractivity contribution in [2.45, 2.75) is 25.4 Å². The van der Waals surface area contributed by atoms with Crippen LogP contribution in [0, 0.1) is 0 Å². The van der Waals surface area contributed by atoms with E-state index >= 15 is 0 Å². The number of aromatic nitrogens is 2. The zero-order valence-electron chi connectivity index (χ0n) is 18.9. The standard InChI is InChI=1S/C18H30N10O7/c19-4-5-24-15(30)10-12(20)28-11(13(21)27-10)16(31)26-7-6-25-14(29)9(35-18(23)33)3-1-2-8-34-17(22)32/h9H,1-8,19H2,(H2,20,28)(H2,21,27)(H2,22,32)(H2,23,33)(H,24,30)(H,25,29)(H,26,31). The quantitative estimate of drug-likeness (QED) is 0.118. The number of unbranched alkanes of at least 4 members (excludes halogenated alkanes) is 1. The third kappa shape index (κ3) is 10.4. The third-order valence-electron chi connectivity index (χ3n) is 4.18. The second-order valence-corrected chi connectivity index (χ2v) is 6.87. The summed E-state index contributed by atoms with van der Waals surface area (Å²) in [6.45, 7) is 0.328. The number of carbonyl (C=O) groups excluding carboxylic acids is 5. The number of nitrogens with one attached hydrogen (secondary N) is 3. The van der Waals surface area contributed by atoms with E-state index in [2.05, 4.69) is 30.7 Å². The Hall–Kier alpha value is -4.41. The summed E-state index contributed by atoms with van der Waals surface area (Å²) in [4.78, 5) is 65.8. The molecule has 13 N–H and O–H groups in total. The number of hydrogen-bond donors (Lipinski definition) is 8. The lowest BCUT2D eigenvalue weighted by Gasteiger charge is -2.16. The van der Waals surface area contributed by atoms with E-state index in [1.807, 2.05) is 0 Å². The molecule has 194 valence electrons. The van der Waals surface area contributed by atoms with Crippen LogP contribution in [0.5, 0.6) is 0 Å². The number of ether oxygens (including phenoxy) is 2. The highest BCUT2D eigenvalue weighted by Gasteiger charge is 2.22. The van der Waals surface area contributed by atoms with E-state index < -0.39 is 36.0 Å². The van der Waals surface area contributed by atoms with E-state index in [0.717, 1.165) is 0 Å². The minimum Gasteiger partial charge on any atom is -0.450 e. The van der Waals surface area contributed by atoms with E-state index in [-0.39, 0.29) is 62.2 Å². The number of nitrogen functional groups attached to an aromatic ring is 2. The number of amides is 5. The smallest absolute Gasteiger partial charge is 0.405 e. The predicted octanol–water partition coefficient (Wildman–Crippen LogP) is -3.09. The first-order valence-electron chi connectivity index (χ1n) is 10.4. The van der Waals surface area contributed by atoms with Gasteiger partial charge in [0.2, 0.25) is 0 Å². The fraction of sp³-hybridized carbons (Fsp3) is 0.500. The van der Waals surface area contributed by atoms with Crippen molar-refractivity contribution in [3.63, 3.8) is 0 Å². The molecule has 0 aliphatic carbocycles. The van der Waals surface area contributed by atoms with E-state index in [1.54, 1.807) is 0 Å². The van der Waals surface area contributed by atoms with Crippen LogP contribution in [0.15, 0.2) is 0 Å². The first-order valence-corrected chi connectivity index (χ1v) is 10.4. The van der Waals surface area contributed by atoms with Crippen molar-refractivity contribution in [2.24, 2.45) is 17.2 Å². The van der Waals surface area contributed by atoms with Gasteiger partial charge in [-0.25, -0.2) is 19.6 Å². The van der Waals surface area contributed by atoms with Gasteiger partial charge in [-0.2, -0.15) is 0 Å². The van der Waals surface area contributed by atoms with Gasteiger partial charge in [-0.05, 0) is 19.3 Å². The molecule has 0 aliphatic rings. The summed E-state index contributed by atoms with van der Waals surface area (Å²) in [5.74, 6) is -2.67. The van der Waals surface area contributed by atoms with Crippen molar-refractivity contribution in [1.82, 2.24) is 25.9 Å². The van der Waals surface area contributed by atoms with Crippen LogP contribution in [0.2, 0.25) is 0 Å². The molecule has 1 aromatic heterocycles. The van der Waals surface area contributed by atoms with Crippen LogP contribution in [0.4, 0.5) is 21.2 Å². The minimum atomic E-state index is -1.18. The maximum absolute atomic E-state index is 12.3.